The quantitative estimate of drug-likeness (QED) is 0.398. The van der Waals surface area contributed by atoms with Crippen LogP contribution in [0.4, 0.5) is 5.82 Å². The molecule has 1 aromatic heterocycles. The third kappa shape index (κ3) is 5.70. The largest absolute Gasteiger partial charge is 0.357 e. The number of amidine groups is 1. The van der Waals surface area contributed by atoms with Gasteiger partial charge < -0.3 is 24.8 Å². The molecule has 3 N–H and O–H groups in total. The number of nitrogens with one attached hydrogen (secondary N) is 3. The van der Waals surface area contributed by atoms with Crippen LogP contribution in [0.15, 0.2) is 33.4 Å². The molecular weight excluding hydrogens is 432 g/mol. The summed E-state index contributed by atoms with van der Waals surface area (Å²) >= 11 is 0. The van der Waals surface area contributed by atoms with Crippen LogP contribution in [0.3, 0.4) is 0 Å². The number of likely N-dealkylation sites (N-methyl/N-ethyl adjacent to an activating group) is 1. The molecule has 34 heavy (non-hydrogen) atoms. The highest BCUT2D eigenvalue weighted by atomic mass is 16.5. The van der Waals surface area contributed by atoms with Gasteiger partial charge in [-0.2, -0.15) is 0 Å². The maximum absolute atomic E-state index is 13.0. The molecule has 1 aliphatic carbocycles. The summed E-state index contributed by atoms with van der Waals surface area (Å²) < 4.78 is 7.47. The SMILES string of the molecule is CCCCOC1CN(C)C(=N)c2[nH]c(=O)c(=O)n(CC3=CCCC(CN4CCCC4)C=C3)c2N1. The third-order valence-electron chi connectivity index (χ3n) is 6.92. The number of hydrogen-bond acceptors (Lipinski definition) is 6. The average Bonchev–Trinajstić information content (AvgIpc) is 3.19. The second-order valence-corrected chi connectivity index (χ2v) is 9.64. The Hall–Kier alpha value is -2.65. The summed E-state index contributed by atoms with van der Waals surface area (Å²) in [5.74, 6) is 1.09. The minimum absolute atomic E-state index is 0.158. The van der Waals surface area contributed by atoms with Crippen LogP contribution in [0.5, 0.6) is 0 Å². The summed E-state index contributed by atoms with van der Waals surface area (Å²) in [6, 6.07) is 0. The van der Waals surface area contributed by atoms with Crippen LogP contribution >= 0.6 is 0 Å². The molecule has 1 aromatic rings. The van der Waals surface area contributed by atoms with Crippen molar-refractivity contribution in [3.63, 3.8) is 0 Å². The summed E-state index contributed by atoms with van der Waals surface area (Å²) in [4.78, 5) is 32.4. The topological polar surface area (TPSA) is 106 Å². The molecule has 186 valence electrons. The number of hydrogen-bond donors (Lipinski definition) is 3. The fourth-order valence-electron chi connectivity index (χ4n) is 4.91. The zero-order valence-electron chi connectivity index (χ0n) is 20.4. The van der Waals surface area contributed by atoms with Gasteiger partial charge in [-0.25, -0.2) is 0 Å². The van der Waals surface area contributed by atoms with Gasteiger partial charge in [0.1, 0.15) is 23.6 Å². The molecule has 3 heterocycles. The van der Waals surface area contributed by atoms with E-state index in [1.165, 1.54) is 30.5 Å². The Balaban J connectivity index is 1.59. The number of rotatable bonds is 8. The van der Waals surface area contributed by atoms with Gasteiger partial charge in [-0.15, -0.1) is 0 Å². The molecule has 1 saturated heterocycles. The zero-order valence-corrected chi connectivity index (χ0v) is 20.4. The van der Waals surface area contributed by atoms with Crippen LogP contribution in [0, 0.1) is 11.3 Å². The van der Waals surface area contributed by atoms with Gasteiger partial charge in [0, 0.05) is 20.2 Å². The van der Waals surface area contributed by atoms with Gasteiger partial charge in [-0.05, 0) is 56.7 Å². The summed E-state index contributed by atoms with van der Waals surface area (Å²) in [5.41, 5.74) is -0.00996. The van der Waals surface area contributed by atoms with E-state index in [4.69, 9.17) is 10.1 Å². The van der Waals surface area contributed by atoms with E-state index in [9.17, 15) is 9.59 Å². The molecular formula is C25H38N6O3. The number of aromatic amines is 1. The van der Waals surface area contributed by atoms with Crippen molar-refractivity contribution >= 4 is 11.7 Å². The smallest absolute Gasteiger partial charge is 0.318 e. The van der Waals surface area contributed by atoms with E-state index in [0.29, 0.717) is 30.6 Å². The van der Waals surface area contributed by atoms with E-state index in [1.807, 2.05) is 0 Å². The molecule has 0 bridgehead atoms. The molecule has 9 heteroatoms. The predicted octanol–water partition coefficient (Wildman–Crippen LogP) is 2.35. The standard InChI is InChI=1S/C25H38N6O3/c1-3-4-14-34-20-17-29(2)22(26)21-23(27-20)31(25(33)24(32)28-21)16-19-9-7-8-18(10-11-19)15-30-12-5-6-13-30/h9-11,18,20,26-27H,3-8,12-17H2,1-2H3,(H,28,32). The van der Waals surface area contributed by atoms with Crippen molar-refractivity contribution in [3.05, 3.63) is 50.2 Å². The number of fused-ring (bicyclic) bond motifs is 1. The minimum Gasteiger partial charge on any atom is -0.357 e. The highest BCUT2D eigenvalue weighted by Gasteiger charge is 2.28. The Kier molecular flexibility index (Phi) is 8.05. The van der Waals surface area contributed by atoms with Crippen LogP contribution in [0.25, 0.3) is 0 Å². The molecule has 0 radical (unpaired) electrons. The van der Waals surface area contributed by atoms with Crippen molar-refractivity contribution in [2.75, 3.05) is 45.2 Å². The number of H-pyrrole nitrogens is 1. The Labute approximate surface area is 201 Å². The van der Waals surface area contributed by atoms with E-state index in [0.717, 1.165) is 37.8 Å². The van der Waals surface area contributed by atoms with Gasteiger partial charge in [0.2, 0.25) is 0 Å². The van der Waals surface area contributed by atoms with Crippen LogP contribution in [0.2, 0.25) is 0 Å². The summed E-state index contributed by atoms with van der Waals surface area (Å²) in [6.07, 6.45) is 12.7. The summed E-state index contributed by atoms with van der Waals surface area (Å²) in [6.45, 7) is 6.87. The predicted molar refractivity (Wildman–Crippen MR) is 135 cm³/mol. The molecule has 2 aliphatic heterocycles. The molecule has 9 nitrogen and oxygen atoms in total. The van der Waals surface area contributed by atoms with Crippen molar-refractivity contribution < 1.29 is 4.74 Å². The van der Waals surface area contributed by atoms with E-state index in [2.05, 4.69) is 40.4 Å². The first-order valence-corrected chi connectivity index (χ1v) is 12.6. The van der Waals surface area contributed by atoms with Gasteiger partial charge in [0.05, 0.1) is 13.1 Å². The first-order chi connectivity index (χ1) is 16.5. The lowest BCUT2D eigenvalue weighted by Crippen LogP contribution is -2.40. The average molecular weight is 471 g/mol. The van der Waals surface area contributed by atoms with E-state index >= 15 is 0 Å². The summed E-state index contributed by atoms with van der Waals surface area (Å²) in [7, 11) is 1.79. The Morgan fingerprint density at radius 2 is 2.03 bits per heavy atom. The maximum Gasteiger partial charge on any atom is 0.318 e. The number of ether oxygens (including phenoxy) is 1. The lowest BCUT2D eigenvalue weighted by Gasteiger charge is -2.23. The molecule has 1 fully saturated rings. The summed E-state index contributed by atoms with van der Waals surface area (Å²) in [5, 5.41) is 11.9. The van der Waals surface area contributed by atoms with Gasteiger partial charge >= 0.3 is 11.1 Å². The highest BCUT2D eigenvalue weighted by Crippen LogP contribution is 2.23. The van der Waals surface area contributed by atoms with Crippen LogP contribution in [-0.4, -0.2) is 71.2 Å². The first kappa shape index (κ1) is 24.5. The molecule has 3 aliphatic rings. The zero-order chi connectivity index (χ0) is 24.1. The van der Waals surface area contributed by atoms with Gasteiger partial charge in [0.15, 0.2) is 0 Å². The number of aromatic nitrogens is 2. The molecule has 0 spiro atoms. The number of nitrogens with zero attached hydrogens (tertiary/aromatic N) is 3. The van der Waals surface area contributed by atoms with Crippen molar-refractivity contribution in [2.45, 2.75) is 58.2 Å². The van der Waals surface area contributed by atoms with Crippen LogP contribution < -0.4 is 16.4 Å². The van der Waals surface area contributed by atoms with Crippen LogP contribution in [-0.2, 0) is 11.3 Å². The van der Waals surface area contributed by atoms with Crippen molar-refractivity contribution in [1.29, 1.82) is 5.41 Å². The number of anilines is 1. The second kappa shape index (κ2) is 11.2. The van der Waals surface area contributed by atoms with E-state index in [1.54, 1.807) is 11.9 Å². The van der Waals surface area contributed by atoms with E-state index in [-0.39, 0.29) is 12.4 Å². The Morgan fingerprint density at radius 1 is 1.24 bits per heavy atom. The molecule has 0 amide bonds. The van der Waals surface area contributed by atoms with Crippen molar-refractivity contribution in [1.82, 2.24) is 19.4 Å². The monoisotopic (exact) mass is 470 g/mol. The van der Waals surface area contributed by atoms with Gasteiger partial charge in [-0.1, -0.05) is 31.6 Å². The number of allylic oxidation sites excluding steroid dienone is 3. The molecule has 2 unspecified atom stereocenters. The highest BCUT2D eigenvalue weighted by molar-refractivity contribution is 5.99. The van der Waals surface area contributed by atoms with Crippen molar-refractivity contribution in [2.24, 2.45) is 5.92 Å². The van der Waals surface area contributed by atoms with E-state index < -0.39 is 17.3 Å². The van der Waals surface area contributed by atoms with Gasteiger partial charge in [-0.3, -0.25) is 19.6 Å². The fraction of sp³-hybridized carbons (Fsp3) is 0.640. The lowest BCUT2D eigenvalue weighted by atomic mass is 10.0. The maximum atomic E-state index is 13.0. The number of unbranched alkanes of at least 4 members (excludes halogenated alkanes) is 1. The normalized spacial score (nSPS) is 23.3. The molecule has 0 saturated carbocycles. The molecule has 2 atom stereocenters. The fourth-order valence-corrected chi connectivity index (χ4v) is 4.91. The van der Waals surface area contributed by atoms with Crippen LogP contribution in [0.1, 0.15) is 51.1 Å². The second-order valence-electron chi connectivity index (χ2n) is 9.64. The molecule has 0 aromatic carbocycles. The lowest BCUT2D eigenvalue weighted by molar-refractivity contribution is 0.0591. The molecule has 4 rings (SSSR count). The Bertz CT molecular complexity index is 1050. The van der Waals surface area contributed by atoms with Gasteiger partial charge in [0.25, 0.3) is 0 Å². The third-order valence-corrected chi connectivity index (χ3v) is 6.92. The minimum atomic E-state index is -0.714. The van der Waals surface area contributed by atoms with Crippen molar-refractivity contribution in [3.8, 4) is 0 Å². The first-order valence-electron chi connectivity index (χ1n) is 12.6. The Morgan fingerprint density at radius 3 is 2.79 bits per heavy atom. The number of likely N-dealkylation sites (tertiary alicyclic amines) is 1.